The number of fused-ring (bicyclic) bond motifs is 1. The Balaban J connectivity index is 1.41. The maximum atomic E-state index is 12.5. The molecule has 0 spiro atoms. The van der Waals surface area contributed by atoms with Crippen molar-refractivity contribution in [2.45, 2.75) is 111 Å². The second-order valence-electron chi connectivity index (χ2n) is 10.7. The molecule has 212 valence electrons. The van der Waals surface area contributed by atoms with Gasteiger partial charge in [-0.25, -0.2) is 4.79 Å². The van der Waals surface area contributed by atoms with Crippen LogP contribution in [0.15, 0.2) is 60.7 Å². The molecule has 39 heavy (non-hydrogen) atoms. The van der Waals surface area contributed by atoms with Gasteiger partial charge in [-0.1, -0.05) is 95.9 Å². The van der Waals surface area contributed by atoms with E-state index in [-0.39, 0.29) is 12.1 Å². The normalized spacial score (nSPS) is 11.9. The van der Waals surface area contributed by atoms with Crippen LogP contribution in [-0.4, -0.2) is 18.7 Å². The number of ether oxygens (including phenoxy) is 3. The highest BCUT2D eigenvalue weighted by Crippen LogP contribution is 2.26. The molecule has 0 heterocycles. The summed E-state index contributed by atoms with van der Waals surface area (Å²) in [5.41, 5.74) is 1.59. The smallest absolute Gasteiger partial charge is 0.338 e. The average Bonchev–Trinajstić information content (AvgIpc) is 2.95. The standard InChI is InChI=1S/C35H48O4/c1-4-6-8-10-11-12-14-24-37-33-22-20-32-26-34(23-21-31(32)25-33)38-27-29-16-18-30(19-17-29)35(36)39-28(3)15-13-9-7-5-2/h16-23,25-26,28H,4-15,24,27H2,1-3H3/t28-/m1/s1. The summed E-state index contributed by atoms with van der Waals surface area (Å²) in [6.07, 6.45) is 14.6. The topological polar surface area (TPSA) is 44.8 Å². The molecule has 3 rings (SSSR count). The van der Waals surface area contributed by atoms with E-state index in [0.29, 0.717) is 12.2 Å². The third-order valence-electron chi connectivity index (χ3n) is 7.17. The highest BCUT2D eigenvalue weighted by atomic mass is 16.5. The fraction of sp³-hybridized carbons (Fsp3) is 0.514. The number of unbranched alkanes of at least 4 members (excludes halogenated alkanes) is 9. The van der Waals surface area contributed by atoms with E-state index in [1.54, 1.807) is 0 Å². The number of hydrogen-bond donors (Lipinski definition) is 0. The summed E-state index contributed by atoms with van der Waals surface area (Å²) < 4.78 is 17.6. The first-order valence-corrected chi connectivity index (χ1v) is 15.2. The summed E-state index contributed by atoms with van der Waals surface area (Å²) >= 11 is 0. The predicted molar refractivity (Wildman–Crippen MR) is 162 cm³/mol. The summed E-state index contributed by atoms with van der Waals surface area (Å²) in [4.78, 5) is 12.5. The highest BCUT2D eigenvalue weighted by molar-refractivity contribution is 5.89. The molecule has 1 atom stereocenters. The van der Waals surface area contributed by atoms with Crippen LogP contribution in [0.4, 0.5) is 0 Å². The lowest BCUT2D eigenvalue weighted by molar-refractivity contribution is 0.0319. The molecule has 0 aliphatic heterocycles. The van der Waals surface area contributed by atoms with E-state index in [2.05, 4.69) is 38.1 Å². The van der Waals surface area contributed by atoms with Crippen molar-refractivity contribution in [2.24, 2.45) is 0 Å². The van der Waals surface area contributed by atoms with Gasteiger partial charge in [-0.3, -0.25) is 0 Å². The quantitative estimate of drug-likeness (QED) is 0.114. The first-order valence-electron chi connectivity index (χ1n) is 15.2. The van der Waals surface area contributed by atoms with Gasteiger partial charge in [0.2, 0.25) is 0 Å². The van der Waals surface area contributed by atoms with Gasteiger partial charge in [-0.15, -0.1) is 0 Å². The van der Waals surface area contributed by atoms with Crippen molar-refractivity contribution in [3.8, 4) is 11.5 Å². The third-order valence-corrected chi connectivity index (χ3v) is 7.17. The fourth-order valence-corrected chi connectivity index (χ4v) is 4.70. The van der Waals surface area contributed by atoms with Crippen molar-refractivity contribution in [3.05, 3.63) is 71.8 Å². The Morgan fingerprint density at radius 2 is 1.23 bits per heavy atom. The van der Waals surface area contributed by atoms with Crippen LogP contribution in [0.5, 0.6) is 11.5 Å². The minimum absolute atomic E-state index is 0.0574. The lowest BCUT2D eigenvalue weighted by Gasteiger charge is -2.13. The molecule has 0 saturated carbocycles. The SMILES string of the molecule is CCCCCCCCCOc1ccc2cc(OCc3ccc(C(=O)O[C@H](C)CCCCCC)cc3)ccc2c1. The Morgan fingerprint density at radius 3 is 1.87 bits per heavy atom. The minimum Gasteiger partial charge on any atom is -0.494 e. The van der Waals surface area contributed by atoms with E-state index in [9.17, 15) is 4.79 Å². The van der Waals surface area contributed by atoms with Crippen molar-refractivity contribution in [2.75, 3.05) is 6.61 Å². The van der Waals surface area contributed by atoms with Gasteiger partial charge in [0.1, 0.15) is 18.1 Å². The van der Waals surface area contributed by atoms with Crippen LogP contribution in [0.25, 0.3) is 10.8 Å². The molecule has 0 aliphatic rings. The van der Waals surface area contributed by atoms with Gasteiger partial charge in [0.25, 0.3) is 0 Å². The molecule has 4 nitrogen and oxygen atoms in total. The van der Waals surface area contributed by atoms with Crippen molar-refractivity contribution in [1.82, 2.24) is 0 Å². The van der Waals surface area contributed by atoms with Crippen LogP contribution >= 0.6 is 0 Å². The molecule has 0 bridgehead atoms. The summed E-state index contributed by atoms with van der Waals surface area (Å²) in [6, 6.07) is 19.9. The molecule has 3 aromatic rings. The first-order chi connectivity index (χ1) is 19.1. The summed E-state index contributed by atoms with van der Waals surface area (Å²) in [5, 5.41) is 2.26. The van der Waals surface area contributed by atoms with Gasteiger partial charge in [0.15, 0.2) is 0 Å². The van der Waals surface area contributed by atoms with Gasteiger partial charge >= 0.3 is 5.97 Å². The van der Waals surface area contributed by atoms with E-state index in [1.807, 2.05) is 43.3 Å². The maximum Gasteiger partial charge on any atom is 0.338 e. The Bertz CT molecular complexity index is 1110. The zero-order valence-corrected chi connectivity index (χ0v) is 24.4. The molecule has 0 fully saturated rings. The Hall–Kier alpha value is -3.01. The number of rotatable bonds is 19. The third kappa shape index (κ3) is 11.3. The highest BCUT2D eigenvalue weighted by Gasteiger charge is 2.12. The summed E-state index contributed by atoms with van der Waals surface area (Å²) in [5.74, 6) is 1.48. The Labute approximate surface area is 236 Å². The predicted octanol–water partition coefficient (Wildman–Crippen LogP) is 10.1. The van der Waals surface area contributed by atoms with Gasteiger partial charge < -0.3 is 14.2 Å². The largest absolute Gasteiger partial charge is 0.494 e. The van der Waals surface area contributed by atoms with Crippen molar-refractivity contribution < 1.29 is 19.0 Å². The lowest BCUT2D eigenvalue weighted by atomic mass is 10.1. The summed E-state index contributed by atoms with van der Waals surface area (Å²) in [7, 11) is 0. The van der Waals surface area contributed by atoms with E-state index in [1.165, 1.54) is 57.8 Å². The van der Waals surface area contributed by atoms with Crippen LogP contribution in [0.1, 0.15) is 114 Å². The number of esters is 1. The molecule has 0 radical (unpaired) electrons. The van der Waals surface area contributed by atoms with E-state index in [4.69, 9.17) is 14.2 Å². The maximum absolute atomic E-state index is 12.5. The lowest BCUT2D eigenvalue weighted by Crippen LogP contribution is -2.15. The number of carbonyl (C=O) groups excluding carboxylic acids is 1. The van der Waals surface area contributed by atoms with Gasteiger partial charge in [0, 0.05) is 0 Å². The van der Waals surface area contributed by atoms with Crippen LogP contribution < -0.4 is 9.47 Å². The molecule has 0 N–H and O–H groups in total. The van der Waals surface area contributed by atoms with Gasteiger partial charge in [-0.05, 0) is 78.9 Å². The van der Waals surface area contributed by atoms with Crippen molar-refractivity contribution >= 4 is 16.7 Å². The average molecular weight is 533 g/mol. The van der Waals surface area contributed by atoms with Gasteiger partial charge in [-0.2, -0.15) is 0 Å². The second kappa shape index (κ2) is 17.6. The summed E-state index contributed by atoms with van der Waals surface area (Å²) in [6.45, 7) is 7.64. The fourth-order valence-electron chi connectivity index (χ4n) is 4.70. The van der Waals surface area contributed by atoms with Crippen molar-refractivity contribution in [3.63, 3.8) is 0 Å². The van der Waals surface area contributed by atoms with Crippen LogP contribution in [-0.2, 0) is 11.3 Å². The molecule has 0 aliphatic carbocycles. The molecule has 3 aromatic carbocycles. The molecule has 0 aromatic heterocycles. The monoisotopic (exact) mass is 532 g/mol. The van der Waals surface area contributed by atoms with Gasteiger partial charge in [0.05, 0.1) is 18.3 Å². The van der Waals surface area contributed by atoms with Crippen LogP contribution in [0.3, 0.4) is 0 Å². The van der Waals surface area contributed by atoms with E-state index in [0.717, 1.165) is 53.7 Å². The molecular weight excluding hydrogens is 484 g/mol. The molecular formula is C35H48O4. The molecule has 4 heteroatoms. The Morgan fingerprint density at radius 1 is 0.667 bits per heavy atom. The number of carbonyl (C=O) groups is 1. The van der Waals surface area contributed by atoms with Crippen LogP contribution in [0, 0.1) is 0 Å². The zero-order valence-electron chi connectivity index (χ0n) is 24.4. The minimum atomic E-state index is -0.259. The van der Waals surface area contributed by atoms with E-state index < -0.39 is 0 Å². The number of benzene rings is 3. The molecule has 0 saturated heterocycles. The molecule has 0 amide bonds. The Kier molecular flexibility index (Phi) is 13.7. The number of hydrogen-bond acceptors (Lipinski definition) is 4. The first kappa shape index (κ1) is 30.5. The van der Waals surface area contributed by atoms with Crippen molar-refractivity contribution in [1.29, 1.82) is 0 Å². The zero-order chi connectivity index (χ0) is 27.7. The van der Waals surface area contributed by atoms with E-state index >= 15 is 0 Å². The van der Waals surface area contributed by atoms with Crippen LogP contribution in [0.2, 0.25) is 0 Å². The molecule has 0 unspecified atom stereocenters. The second-order valence-corrected chi connectivity index (χ2v) is 10.7.